The summed E-state index contributed by atoms with van der Waals surface area (Å²) >= 11 is 8.32. The van der Waals surface area contributed by atoms with Crippen molar-refractivity contribution in [2.45, 2.75) is 6.10 Å². The van der Waals surface area contributed by atoms with Crippen molar-refractivity contribution in [3.63, 3.8) is 0 Å². The summed E-state index contributed by atoms with van der Waals surface area (Å²) in [7, 11) is 3.46. The van der Waals surface area contributed by atoms with Crippen LogP contribution in [0.5, 0.6) is 0 Å². The van der Waals surface area contributed by atoms with Crippen LogP contribution in [0.1, 0.15) is 11.7 Å². The second kappa shape index (κ2) is 6.65. The van der Waals surface area contributed by atoms with Gasteiger partial charge in [0.25, 0.3) is 5.17 Å². The first-order chi connectivity index (χ1) is 8.40. The van der Waals surface area contributed by atoms with Crippen LogP contribution in [0, 0.1) is 10.1 Å². The third kappa shape index (κ3) is 4.58. The van der Waals surface area contributed by atoms with Crippen molar-refractivity contribution >= 4 is 33.3 Å². The molecule has 0 saturated heterocycles. The standard InChI is InChI=1S/C11H13BrN2O3S/c1-13(2)11(18)17-10(7-14(15)16)8-3-5-9(12)6-4-8/h3-6,10H,7H2,1-2H3. The van der Waals surface area contributed by atoms with Crippen LogP contribution in [0.4, 0.5) is 0 Å². The minimum absolute atomic E-state index is 0.227. The maximum atomic E-state index is 10.7. The number of thiocarbonyl (C=S) groups is 1. The zero-order valence-corrected chi connectivity index (χ0v) is 12.4. The molecular weight excluding hydrogens is 320 g/mol. The lowest BCUT2D eigenvalue weighted by Crippen LogP contribution is -2.27. The minimum Gasteiger partial charge on any atom is -0.456 e. The van der Waals surface area contributed by atoms with Gasteiger partial charge >= 0.3 is 0 Å². The molecule has 0 aromatic heterocycles. The highest BCUT2D eigenvalue weighted by molar-refractivity contribution is 9.10. The lowest BCUT2D eigenvalue weighted by molar-refractivity contribution is -0.490. The average molecular weight is 333 g/mol. The van der Waals surface area contributed by atoms with E-state index in [4.69, 9.17) is 17.0 Å². The minimum atomic E-state index is -0.678. The summed E-state index contributed by atoms with van der Waals surface area (Å²) in [5.74, 6) is 0. The number of benzene rings is 1. The first-order valence-electron chi connectivity index (χ1n) is 5.15. The molecular formula is C11H13BrN2O3S. The van der Waals surface area contributed by atoms with Crippen molar-refractivity contribution in [1.29, 1.82) is 0 Å². The van der Waals surface area contributed by atoms with Gasteiger partial charge < -0.3 is 9.64 Å². The highest BCUT2D eigenvalue weighted by Gasteiger charge is 2.21. The van der Waals surface area contributed by atoms with Crippen LogP contribution in [0.3, 0.4) is 0 Å². The molecule has 0 amide bonds. The molecule has 5 nitrogen and oxygen atoms in total. The molecule has 18 heavy (non-hydrogen) atoms. The molecule has 0 aliphatic carbocycles. The van der Waals surface area contributed by atoms with E-state index >= 15 is 0 Å². The van der Waals surface area contributed by atoms with Crippen molar-refractivity contribution in [2.24, 2.45) is 0 Å². The summed E-state index contributed by atoms with van der Waals surface area (Å²) in [5, 5.41) is 10.9. The second-order valence-corrected chi connectivity index (χ2v) is 5.10. The van der Waals surface area contributed by atoms with Gasteiger partial charge in [-0.1, -0.05) is 28.1 Å². The normalized spacial score (nSPS) is 11.7. The second-order valence-electron chi connectivity index (χ2n) is 3.83. The van der Waals surface area contributed by atoms with E-state index in [-0.39, 0.29) is 11.7 Å². The predicted octanol–water partition coefficient (Wildman–Crippen LogP) is 2.63. The smallest absolute Gasteiger partial charge is 0.259 e. The molecule has 1 unspecified atom stereocenters. The molecule has 0 spiro atoms. The number of hydrogen-bond donors (Lipinski definition) is 0. The number of nitrogens with zero attached hydrogens (tertiary/aromatic N) is 2. The van der Waals surface area contributed by atoms with Crippen LogP contribution in [0.15, 0.2) is 28.7 Å². The van der Waals surface area contributed by atoms with Gasteiger partial charge in [-0.15, -0.1) is 0 Å². The molecule has 0 fully saturated rings. The maximum absolute atomic E-state index is 10.7. The largest absolute Gasteiger partial charge is 0.456 e. The van der Waals surface area contributed by atoms with Gasteiger partial charge in [-0.25, -0.2) is 0 Å². The number of halogens is 1. The number of ether oxygens (including phenoxy) is 1. The van der Waals surface area contributed by atoms with Gasteiger partial charge in [0, 0.05) is 23.5 Å². The Balaban J connectivity index is 2.87. The quantitative estimate of drug-likeness (QED) is 0.482. The number of hydrogen-bond acceptors (Lipinski definition) is 4. The van der Waals surface area contributed by atoms with Crippen LogP contribution < -0.4 is 0 Å². The van der Waals surface area contributed by atoms with Crippen LogP contribution in [-0.4, -0.2) is 35.6 Å². The Bertz CT molecular complexity index is 436. The molecule has 7 heteroatoms. The van der Waals surface area contributed by atoms with Crippen molar-refractivity contribution in [2.75, 3.05) is 20.6 Å². The topological polar surface area (TPSA) is 55.6 Å². The van der Waals surface area contributed by atoms with Crippen molar-refractivity contribution in [3.05, 3.63) is 44.4 Å². The molecule has 0 aliphatic heterocycles. The van der Waals surface area contributed by atoms with Crippen molar-refractivity contribution < 1.29 is 9.66 Å². The molecule has 0 N–H and O–H groups in total. The van der Waals surface area contributed by atoms with E-state index in [9.17, 15) is 10.1 Å². The van der Waals surface area contributed by atoms with Crippen LogP contribution in [0.25, 0.3) is 0 Å². The zero-order valence-electron chi connectivity index (χ0n) is 10.00. The highest BCUT2D eigenvalue weighted by Crippen LogP contribution is 2.21. The van der Waals surface area contributed by atoms with E-state index in [0.717, 1.165) is 10.0 Å². The molecule has 0 heterocycles. The summed E-state index contributed by atoms with van der Waals surface area (Å²) in [6.07, 6.45) is -0.678. The van der Waals surface area contributed by atoms with Crippen LogP contribution in [0.2, 0.25) is 0 Å². The lowest BCUT2D eigenvalue weighted by atomic mass is 10.1. The van der Waals surface area contributed by atoms with Gasteiger partial charge in [0.1, 0.15) is 0 Å². The number of nitro groups is 1. The Morgan fingerprint density at radius 2 is 2.06 bits per heavy atom. The summed E-state index contributed by atoms with van der Waals surface area (Å²) in [6, 6.07) is 7.17. The lowest BCUT2D eigenvalue weighted by Gasteiger charge is -2.20. The molecule has 1 aromatic carbocycles. The Kier molecular flexibility index (Phi) is 5.49. The summed E-state index contributed by atoms with van der Waals surface area (Å²) in [4.78, 5) is 11.8. The SMILES string of the molecule is CN(C)C(=S)OC(C[N+](=O)[O-])c1ccc(Br)cc1. The fourth-order valence-electron chi connectivity index (χ4n) is 1.25. The fraction of sp³-hybridized carbons (Fsp3) is 0.364. The van der Waals surface area contributed by atoms with E-state index in [1.165, 1.54) is 0 Å². The van der Waals surface area contributed by atoms with E-state index in [0.29, 0.717) is 0 Å². The Morgan fingerprint density at radius 1 is 1.50 bits per heavy atom. The molecule has 0 aliphatic rings. The van der Waals surface area contributed by atoms with Gasteiger partial charge in [-0.2, -0.15) is 0 Å². The van der Waals surface area contributed by atoms with E-state index in [1.54, 1.807) is 31.1 Å². The summed E-state index contributed by atoms with van der Waals surface area (Å²) in [5.41, 5.74) is 0.721. The van der Waals surface area contributed by atoms with Gasteiger partial charge in [0.2, 0.25) is 6.54 Å². The molecule has 0 radical (unpaired) electrons. The van der Waals surface area contributed by atoms with E-state index in [2.05, 4.69) is 15.9 Å². The molecule has 98 valence electrons. The van der Waals surface area contributed by atoms with Crippen LogP contribution in [-0.2, 0) is 4.74 Å². The Labute approximate surface area is 119 Å². The summed E-state index contributed by atoms with van der Waals surface area (Å²) in [6.45, 7) is -0.324. The van der Waals surface area contributed by atoms with Crippen molar-refractivity contribution in [3.8, 4) is 0 Å². The predicted molar refractivity (Wildman–Crippen MR) is 76.1 cm³/mol. The van der Waals surface area contributed by atoms with Crippen LogP contribution >= 0.6 is 28.1 Å². The van der Waals surface area contributed by atoms with E-state index < -0.39 is 11.0 Å². The molecule has 0 bridgehead atoms. The third-order valence-electron chi connectivity index (χ3n) is 2.16. The monoisotopic (exact) mass is 332 g/mol. The zero-order chi connectivity index (χ0) is 13.7. The van der Waals surface area contributed by atoms with Gasteiger partial charge in [0.15, 0.2) is 6.10 Å². The molecule has 1 aromatic rings. The summed E-state index contributed by atoms with van der Waals surface area (Å²) < 4.78 is 6.35. The first-order valence-corrected chi connectivity index (χ1v) is 6.35. The molecule has 0 saturated carbocycles. The fourth-order valence-corrected chi connectivity index (χ4v) is 1.63. The Hall–Kier alpha value is -1.21. The molecule has 1 atom stereocenters. The highest BCUT2D eigenvalue weighted by atomic mass is 79.9. The van der Waals surface area contributed by atoms with E-state index in [1.807, 2.05) is 12.1 Å². The Morgan fingerprint density at radius 3 is 2.50 bits per heavy atom. The molecule has 1 rings (SSSR count). The third-order valence-corrected chi connectivity index (χ3v) is 3.15. The maximum Gasteiger partial charge on any atom is 0.259 e. The van der Waals surface area contributed by atoms with Gasteiger partial charge in [0.05, 0.1) is 0 Å². The van der Waals surface area contributed by atoms with Crippen molar-refractivity contribution in [1.82, 2.24) is 4.90 Å². The van der Waals surface area contributed by atoms with Gasteiger partial charge in [-0.3, -0.25) is 10.1 Å². The number of rotatable bonds is 4. The van der Waals surface area contributed by atoms with Gasteiger partial charge in [-0.05, 0) is 29.9 Å². The average Bonchev–Trinajstić information content (AvgIpc) is 2.28. The first kappa shape index (κ1) is 14.8.